The molecule has 137 heavy (non-hydrogen) atoms. The summed E-state index contributed by atoms with van der Waals surface area (Å²) in [5.41, 5.74) is 22.2. The first-order chi connectivity index (χ1) is 61.1. The summed E-state index contributed by atoms with van der Waals surface area (Å²) in [5.74, 6) is 1.78. The van der Waals surface area contributed by atoms with E-state index in [1.165, 1.54) is 61.1 Å². The molecule has 0 heterocycles. The summed E-state index contributed by atoms with van der Waals surface area (Å²) >= 11 is 0. The molecular weight excluding hydrogens is 2180 g/mol. The van der Waals surface area contributed by atoms with E-state index in [9.17, 15) is 52.7 Å². The van der Waals surface area contributed by atoms with Crippen molar-refractivity contribution in [3.05, 3.63) is 0 Å². The number of hydrogen-bond donors (Lipinski definition) is 22. The van der Waals surface area contributed by atoms with Crippen LogP contribution in [0.25, 0.3) is 0 Å². The lowest BCUT2D eigenvalue weighted by molar-refractivity contribution is -0.145. The maximum absolute atomic E-state index is 14.2. The largest absolute Gasteiger partial charge is 0.467 e. The van der Waals surface area contributed by atoms with Gasteiger partial charge in [-0.15, -0.1) is 149 Å². The number of carbonyl (C=O) groups excluding carboxylic acids is 11. The van der Waals surface area contributed by atoms with Crippen LogP contribution in [-0.4, -0.2) is 313 Å². The zero-order chi connectivity index (χ0) is 91.3. The standard InChI is InChI=1S/C83H168N22O12S8.12ClH/c1-117-83(116)72(105-82(115)71(104-80(113)34-69-125-123-67-32-78(111)101-61-23-54-95-46-15-11-42-91-50-19-38-87)25-3-6-56-97-74(107)28-63-119-121-65-30-76(109)99-59-21-52-93-44-13-9-40-89-48-17-36-85)26-4-7-57-102-81(114)70(103-79(112)33-68-124-122-66-31-77(110)100-60-22-53-94-45-14-10-41-90-49-18-37-86)24-2-5-55-96-73(106)27-62-118-120-64-29-75(108)98-58-20-51-92-43-12-8-39-88-47-16-35-84;;;;;;;;;;;;/h70-72,88-95H,2-69,84-87H2,1H3,(H,96,106)(H,97,107)(H,98,108)(H,99,109)(H,100,110)(H,101,111)(H,102,114)(H,103,112)(H,104,113)(H,105,115);12*1H. The van der Waals surface area contributed by atoms with Crippen LogP contribution in [0.4, 0.5) is 0 Å². The Morgan fingerprint density at radius 2 is 0.380 bits per heavy atom. The molecule has 0 fully saturated rings. The summed E-state index contributed by atoms with van der Waals surface area (Å²) in [4.78, 5) is 144. The summed E-state index contributed by atoms with van der Waals surface area (Å²) in [6.07, 6.45) is 21.7. The maximum Gasteiger partial charge on any atom is 0.328 e. The summed E-state index contributed by atoms with van der Waals surface area (Å²) in [5, 5.41) is 56.6. The molecule has 26 N–H and O–H groups in total. The highest BCUT2D eigenvalue weighted by Crippen LogP contribution is 2.26. The van der Waals surface area contributed by atoms with Crippen molar-refractivity contribution in [1.82, 2.24) is 95.7 Å². The van der Waals surface area contributed by atoms with Gasteiger partial charge in [-0.1, -0.05) is 86.4 Å². The number of ether oxygens (including phenoxy) is 1. The highest BCUT2D eigenvalue weighted by molar-refractivity contribution is 8.77. The molecule has 0 aromatic carbocycles. The number of methoxy groups -OCH3 is 1. The Kier molecular flexibility index (Phi) is 159. The molecule has 0 aliphatic heterocycles. The Labute approximate surface area is 927 Å². The number of esters is 1. The molecule has 0 aliphatic rings. The lowest BCUT2D eigenvalue weighted by atomic mass is 10.1. The second-order valence-corrected chi connectivity index (χ2v) is 40.9. The molecule has 0 aliphatic carbocycles. The normalized spacial score (nSPS) is 10.9. The van der Waals surface area contributed by atoms with E-state index < -0.39 is 35.9 Å². The predicted molar refractivity (Wildman–Crippen MR) is 617 cm³/mol. The van der Waals surface area contributed by atoms with Crippen molar-refractivity contribution < 1.29 is 57.5 Å². The number of nitrogens with two attached hydrogens (primary N) is 4. The summed E-state index contributed by atoms with van der Waals surface area (Å²) in [6.45, 7) is 20.9. The van der Waals surface area contributed by atoms with Gasteiger partial charge in [-0.2, -0.15) is 0 Å². The average Bonchev–Trinajstić information content (AvgIpc) is 0.887. The van der Waals surface area contributed by atoms with Crippen molar-refractivity contribution in [2.24, 2.45) is 22.9 Å². The summed E-state index contributed by atoms with van der Waals surface area (Å²) in [7, 11) is 13.4. The molecule has 10 amide bonds. The van der Waals surface area contributed by atoms with Crippen molar-refractivity contribution >= 4 is 300 Å². The van der Waals surface area contributed by atoms with Crippen molar-refractivity contribution in [1.29, 1.82) is 0 Å². The fraction of sp³-hybridized carbons (Fsp3) is 0.867. The second-order valence-electron chi connectivity index (χ2n) is 30.1. The van der Waals surface area contributed by atoms with Gasteiger partial charge in [0.1, 0.15) is 18.1 Å². The number of halogens is 12. The molecule has 0 aromatic heterocycles. The second kappa shape index (κ2) is 132. The molecule has 3 unspecified atom stereocenters. The van der Waals surface area contributed by atoms with Gasteiger partial charge in [0.05, 0.1) is 7.11 Å². The van der Waals surface area contributed by atoms with Crippen LogP contribution in [0.15, 0.2) is 0 Å². The minimum absolute atomic E-state index is 0. The summed E-state index contributed by atoms with van der Waals surface area (Å²) < 4.78 is 5.14. The molecule has 0 rings (SSSR count). The SMILES string of the molecule is COC(=O)C(CCCCNC(=O)C(CCCCNC(=O)CCSSCCC(=O)NCCCNCCCCNCCCN)NC(=O)CCSSCCC(=O)NCCCNCCCCNCCCN)NC(=O)C(CCCCNC(=O)CCSSCCC(=O)NCCCNCCCCNCCCN)NC(=O)CCSSCCC(=O)NCCCNCCCCNCCCN.Cl.Cl.Cl.Cl.Cl.Cl.Cl.Cl.Cl.Cl.Cl.Cl. The predicted octanol–water partition coefficient (Wildman–Crippen LogP) is 8.44. The van der Waals surface area contributed by atoms with Gasteiger partial charge in [0, 0.05) is 143 Å². The van der Waals surface area contributed by atoms with Crippen LogP contribution in [0, 0.1) is 0 Å². The van der Waals surface area contributed by atoms with E-state index in [1.54, 1.807) is 32.4 Å². The van der Waals surface area contributed by atoms with E-state index >= 15 is 0 Å². The van der Waals surface area contributed by atoms with Gasteiger partial charge in [-0.05, 0) is 291 Å². The molecule has 826 valence electrons. The van der Waals surface area contributed by atoms with E-state index in [-0.39, 0.29) is 235 Å². The fourth-order valence-electron chi connectivity index (χ4n) is 11.7. The topological polar surface area (TPSA) is 518 Å². The maximum atomic E-state index is 14.2. The molecule has 0 radical (unpaired) electrons. The van der Waals surface area contributed by atoms with Crippen LogP contribution in [0.5, 0.6) is 0 Å². The third-order valence-electron chi connectivity index (χ3n) is 18.9. The van der Waals surface area contributed by atoms with E-state index in [1.807, 2.05) is 0 Å². The molecular formula is C83H180Cl12N22O12S8. The monoisotopic (exact) mass is 2350 g/mol. The number of carbonyl (C=O) groups is 11. The minimum Gasteiger partial charge on any atom is -0.467 e. The molecule has 3 atom stereocenters. The van der Waals surface area contributed by atoms with Crippen molar-refractivity contribution in [2.45, 2.75) is 230 Å². The Hall–Kier alpha value is -0.0300. The molecule has 34 nitrogen and oxygen atoms in total. The van der Waals surface area contributed by atoms with Gasteiger partial charge < -0.3 is 123 Å². The number of hydrogen-bond acceptors (Lipinski definition) is 32. The molecule has 54 heteroatoms. The molecule has 0 saturated heterocycles. The number of amides is 10. The van der Waals surface area contributed by atoms with Gasteiger partial charge >= 0.3 is 5.97 Å². The zero-order valence-corrected chi connectivity index (χ0v) is 97.0. The van der Waals surface area contributed by atoms with Crippen LogP contribution in [-0.2, 0) is 57.5 Å². The molecule has 0 aromatic rings. The highest BCUT2D eigenvalue weighted by atomic mass is 35.5. The fourth-order valence-corrected chi connectivity index (χ4v) is 19.6. The Bertz CT molecular complexity index is 2710. The number of unbranched alkanes of at least 4 members (excludes halogenated alkanes) is 7. The van der Waals surface area contributed by atoms with Crippen molar-refractivity contribution in [2.75, 3.05) is 230 Å². The molecule has 0 spiro atoms. The molecule has 0 saturated carbocycles. The Morgan fingerprint density at radius 3 is 0.599 bits per heavy atom. The third kappa shape index (κ3) is 121. The van der Waals surface area contributed by atoms with Crippen molar-refractivity contribution in [3.8, 4) is 0 Å². The Balaban J connectivity index is -0.00000116. The van der Waals surface area contributed by atoms with Crippen LogP contribution in [0.3, 0.4) is 0 Å². The van der Waals surface area contributed by atoms with E-state index in [2.05, 4.69) is 95.7 Å². The van der Waals surface area contributed by atoms with E-state index in [0.717, 1.165) is 207 Å². The number of rotatable bonds is 97. The third-order valence-corrected chi connectivity index (χ3v) is 28.5. The van der Waals surface area contributed by atoms with Crippen molar-refractivity contribution in [3.63, 3.8) is 0 Å². The lowest BCUT2D eigenvalue weighted by Gasteiger charge is -2.22. The van der Waals surface area contributed by atoms with Crippen LogP contribution in [0.1, 0.15) is 212 Å². The van der Waals surface area contributed by atoms with Crippen LogP contribution >= 0.6 is 235 Å². The van der Waals surface area contributed by atoms with Gasteiger partial charge in [0.25, 0.3) is 0 Å². The smallest absolute Gasteiger partial charge is 0.328 e. The summed E-state index contributed by atoms with van der Waals surface area (Å²) in [6, 6.07) is -2.99. The molecule has 0 bridgehead atoms. The first-order valence-electron chi connectivity index (χ1n) is 46.4. The van der Waals surface area contributed by atoms with E-state index in [0.29, 0.717) is 189 Å². The minimum atomic E-state index is -1.09. The lowest BCUT2D eigenvalue weighted by Crippen LogP contribution is -2.52. The zero-order valence-electron chi connectivity index (χ0n) is 80.7. The highest BCUT2D eigenvalue weighted by Gasteiger charge is 2.28. The van der Waals surface area contributed by atoms with E-state index in [4.69, 9.17) is 27.7 Å². The van der Waals surface area contributed by atoms with Gasteiger partial charge in [0.15, 0.2) is 0 Å². The quantitative estimate of drug-likeness (QED) is 0.0154. The average molecular weight is 2360 g/mol. The first-order valence-corrected chi connectivity index (χ1v) is 56.3. The van der Waals surface area contributed by atoms with Gasteiger partial charge in [-0.25, -0.2) is 4.79 Å². The van der Waals surface area contributed by atoms with Crippen LogP contribution < -0.4 is 119 Å². The van der Waals surface area contributed by atoms with Gasteiger partial charge in [-0.3, -0.25) is 47.9 Å². The number of nitrogens with one attached hydrogen (secondary N) is 18. The van der Waals surface area contributed by atoms with Gasteiger partial charge in [0.2, 0.25) is 59.1 Å². The van der Waals surface area contributed by atoms with Crippen LogP contribution in [0.2, 0.25) is 0 Å². The Morgan fingerprint density at radius 1 is 0.204 bits per heavy atom. The first kappa shape index (κ1) is 165.